The maximum atomic E-state index is 5.17. The third-order valence-corrected chi connectivity index (χ3v) is 11.1. The van der Waals surface area contributed by atoms with Gasteiger partial charge in [0.25, 0.3) is 0 Å². The number of imidazole rings is 4. The average Bonchev–Trinajstić information content (AvgIpc) is 4.00. The van der Waals surface area contributed by atoms with E-state index in [2.05, 4.69) is 187 Å². The van der Waals surface area contributed by atoms with Crippen molar-refractivity contribution in [1.29, 1.82) is 0 Å². The molecule has 7 aromatic carbocycles. The number of hydrogen-bond donors (Lipinski definition) is 0. The van der Waals surface area contributed by atoms with Gasteiger partial charge in [0.2, 0.25) is 11.6 Å². The average molecular weight is 718 g/mol. The highest BCUT2D eigenvalue weighted by Gasteiger charge is 2.21. The molecule has 0 bridgehead atoms. The summed E-state index contributed by atoms with van der Waals surface area (Å²) >= 11 is 0. The van der Waals surface area contributed by atoms with Crippen LogP contribution in [0.4, 0.5) is 0 Å². The Kier molecular flexibility index (Phi) is 6.50. The van der Waals surface area contributed by atoms with Crippen molar-refractivity contribution in [3.8, 4) is 44.8 Å². The van der Waals surface area contributed by atoms with Crippen LogP contribution in [0, 0.1) is 0 Å². The van der Waals surface area contributed by atoms with Crippen LogP contribution in [0.15, 0.2) is 188 Å². The Hall–Kier alpha value is -7.77. The second-order valence-corrected chi connectivity index (χ2v) is 14.3. The summed E-state index contributed by atoms with van der Waals surface area (Å²) in [4.78, 5) is 14.8. The number of fused-ring (bicyclic) bond motifs is 10. The van der Waals surface area contributed by atoms with Gasteiger partial charge in [0.05, 0.1) is 50.3 Å². The van der Waals surface area contributed by atoms with E-state index in [0.717, 1.165) is 78.2 Å². The summed E-state index contributed by atoms with van der Waals surface area (Å²) in [5, 5.41) is 0. The highest BCUT2D eigenvalue weighted by atomic mass is 15.2. The quantitative estimate of drug-likeness (QED) is 0.178. The van der Waals surface area contributed by atoms with Crippen molar-refractivity contribution in [1.82, 2.24) is 32.9 Å². The molecule has 0 radical (unpaired) electrons. The van der Waals surface area contributed by atoms with Crippen molar-refractivity contribution in [3.63, 3.8) is 0 Å². The number of hydrogen-bond acceptors (Lipinski definition) is 3. The Morgan fingerprint density at radius 1 is 0.321 bits per heavy atom. The molecular weight excluding hydrogens is 687 g/mol. The number of nitrogens with zero attached hydrogens (tertiary/aromatic N) is 7. The molecule has 262 valence electrons. The molecule has 7 nitrogen and oxygen atoms in total. The van der Waals surface area contributed by atoms with Crippen LogP contribution in [-0.2, 0) is 0 Å². The van der Waals surface area contributed by atoms with Gasteiger partial charge < -0.3 is 0 Å². The van der Waals surface area contributed by atoms with E-state index in [1.165, 1.54) is 22.3 Å². The molecular formula is C49H31N7. The number of aromatic nitrogens is 7. The van der Waals surface area contributed by atoms with Gasteiger partial charge in [-0.15, -0.1) is 0 Å². The standard InChI is InChI=1S/C49H31N7/c1-3-9-32(10-4-1)34-15-21-38(22-16-34)53-43-25-19-36(29-45(43)55-42-14-8-7-13-40(42)51-48(53)55)37-20-26-44-46(30-37)56-47-31-50-28-27-41(47)52-49(56)54(44)39-23-17-35(18-24-39)33-11-5-2-6-12-33/h1-31H. The molecule has 0 saturated carbocycles. The largest absolute Gasteiger partial charge is 0.278 e. The molecule has 0 atom stereocenters. The van der Waals surface area contributed by atoms with Crippen molar-refractivity contribution >= 4 is 55.7 Å². The van der Waals surface area contributed by atoms with Crippen molar-refractivity contribution in [2.75, 3.05) is 0 Å². The SMILES string of the molecule is c1ccc(-c2ccc(-n3c4ccc(-c5ccc6c(c5)n5c7cnccc7nc5n6-c5ccc(-c6ccccc6)cc5)cc4n4c5ccccc5nc34)cc2)cc1. The minimum atomic E-state index is 0.852. The summed E-state index contributed by atoms with van der Waals surface area (Å²) in [6.07, 6.45) is 3.72. The molecule has 0 N–H and O–H groups in total. The Balaban J connectivity index is 1.04. The van der Waals surface area contributed by atoms with Crippen LogP contribution in [0.3, 0.4) is 0 Å². The van der Waals surface area contributed by atoms with E-state index < -0.39 is 0 Å². The van der Waals surface area contributed by atoms with Gasteiger partial charge in [0, 0.05) is 17.6 Å². The minimum absolute atomic E-state index is 0.852. The van der Waals surface area contributed by atoms with Crippen LogP contribution < -0.4 is 0 Å². The molecule has 5 heterocycles. The lowest BCUT2D eigenvalue weighted by atomic mass is 10.0. The molecule has 7 heteroatoms. The molecule has 5 aromatic heterocycles. The lowest BCUT2D eigenvalue weighted by Gasteiger charge is -2.09. The zero-order chi connectivity index (χ0) is 36.7. The van der Waals surface area contributed by atoms with E-state index in [0.29, 0.717) is 0 Å². The van der Waals surface area contributed by atoms with Crippen LogP contribution >= 0.6 is 0 Å². The summed E-state index contributed by atoms with van der Waals surface area (Å²) in [7, 11) is 0. The third kappa shape index (κ3) is 4.55. The first-order chi connectivity index (χ1) is 27.8. The lowest BCUT2D eigenvalue weighted by molar-refractivity contribution is 1.11. The second kappa shape index (κ2) is 11.9. The molecule has 0 aliphatic heterocycles. The Morgan fingerprint density at radius 3 is 1.32 bits per heavy atom. The maximum absolute atomic E-state index is 5.17. The van der Waals surface area contributed by atoms with Crippen molar-refractivity contribution in [2.45, 2.75) is 0 Å². The summed E-state index contributed by atoms with van der Waals surface area (Å²) in [6, 6.07) is 62.3. The summed E-state index contributed by atoms with van der Waals surface area (Å²) in [5.41, 5.74) is 17.3. The zero-order valence-corrected chi connectivity index (χ0v) is 30.0. The number of benzene rings is 7. The first-order valence-corrected chi connectivity index (χ1v) is 18.8. The smallest absolute Gasteiger partial charge is 0.220 e. The van der Waals surface area contributed by atoms with Gasteiger partial charge in [-0.25, -0.2) is 9.97 Å². The van der Waals surface area contributed by atoms with E-state index >= 15 is 0 Å². The summed E-state index contributed by atoms with van der Waals surface area (Å²) < 4.78 is 9.05. The molecule has 0 fully saturated rings. The highest BCUT2D eigenvalue weighted by Crippen LogP contribution is 2.36. The molecule has 0 aliphatic carbocycles. The fourth-order valence-electron chi connectivity index (χ4n) is 8.43. The van der Waals surface area contributed by atoms with Crippen LogP contribution in [0.5, 0.6) is 0 Å². The van der Waals surface area contributed by atoms with Crippen molar-refractivity contribution in [3.05, 3.63) is 188 Å². The Morgan fingerprint density at radius 2 is 0.768 bits per heavy atom. The molecule has 0 spiro atoms. The molecule has 0 saturated heterocycles. The van der Waals surface area contributed by atoms with Crippen molar-refractivity contribution in [2.24, 2.45) is 0 Å². The summed E-state index contributed by atoms with van der Waals surface area (Å²) in [6.45, 7) is 0. The Bertz CT molecular complexity index is 3210. The first-order valence-electron chi connectivity index (χ1n) is 18.8. The van der Waals surface area contributed by atoms with Gasteiger partial charge >= 0.3 is 0 Å². The van der Waals surface area contributed by atoms with Gasteiger partial charge in [0.15, 0.2) is 0 Å². The number of para-hydroxylation sites is 2. The molecule has 56 heavy (non-hydrogen) atoms. The fraction of sp³-hybridized carbons (Fsp3) is 0. The number of rotatable bonds is 5. The van der Waals surface area contributed by atoms with Gasteiger partial charge in [-0.1, -0.05) is 109 Å². The lowest BCUT2D eigenvalue weighted by Crippen LogP contribution is -1.95. The van der Waals surface area contributed by atoms with Gasteiger partial charge in [-0.2, -0.15) is 0 Å². The molecule has 12 aromatic rings. The molecule has 12 rings (SSSR count). The second-order valence-electron chi connectivity index (χ2n) is 14.3. The fourth-order valence-corrected chi connectivity index (χ4v) is 8.43. The third-order valence-electron chi connectivity index (χ3n) is 11.1. The maximum Gasteiger partial charge on any atom is 0.220 e. The van der Waals surface area contributed by atoms with Gasteiger partial charge in [-0.05, 0) is 100 Å². The zero-order valence-electron chi connectivity index (χ0n) is 30.0. The van der Waals surface area contributed by atoms with E-state index in [4.69, 9.17) is 9.97 Å². The Labute approximate surface area is 320 Å². The van der Waals surface area contributed by atoms with Crippen LogP contribution in [0.25, 0.3) is 100 Å². The highest BCUT2D eigenvalue weighted by molar-refractivity contribution is 5.97. The van der Waals surface area contributed by atoms with Gasteiger partial charge in [-0.3, -0.25) is 22.9 Å². The van der Waals surface area contributed by atoms with Crippen molar-refractivity contribution < 1.29 is 0 Å². The van der Waals surface area contributed by atoms with Crippen LogP contribution in [-0.4, -0.2) is 32.9 Å². The van der Waals surface area contributed by atoms with Crippen LogP contribution in [0.1, 0.15) is 0 Å². The van der Waals surface area contributed by atoms with E-state index in [9.17, 15) is 0 Å². The summed E-state index contributed by atoms with van der Waals surface area (Å²) in [5.74, 6) is 1.74. The normalized spacial score (nSPS) is 11.9. The monoisotopic (exact) mass is 717 g/mol. The molecule has 0 unspecified atom stereocenters. The predicted octanol–water partition coefficient (Wildman–Crippen LogP) is 11.6. The van der Waals surface area contributed by atoms with E-state index in [-0.39, 0.29) is 0 Å². The van der Waals surface area contributed by atoms with Gasteiger partial charge in [0.1, 0.15) is 0 Å². The molecule has 0 amide bonds. The predicted molar refractivity (Wildman–Crippen MR) is 227 cm³/mol. The van der Waals surface area contributed by atoms with E-state index in [1.807, 2.05) is 18.3 Å². The van der Waals surface area contributed by atoms with Crippen LogP contribution in [0.2, 0.25) is 0 Å². The molecule has 0 aliphatic rings. The van der Waals surface area contributed by atoms with E-state index in [1.54, 1.807) is 6.20 Å². The minimum Gasteiger partial charge on any atom is -0.278 e. The topological polar surface area (TPSA) is 57.4 Å². The number of pyridine rings is 1. The first kappa shape index (κ1) is 30.7.